The smallest absolute Gasteiger partial charge is 0.316 e. The lowest BCUT2D eigenvalue weighted by molar-refractivity contribution is -0.150. The fraction of sp³-hybridized carbons (Fsp3) is 0.333. The fourth-order valence-electron chi connectivity index (χ4n) is 1.14. The molecule has 0 bridgehead atoms. The van der Waals surface area contributed by atoms with Gasteiger partial charge in [0.05, 0.1) is 5.56 Å². The second-order valence-electron chi connectivity index (χ2n) is 3.29. The molecule has 0 aliphatic carbocycles. The van der Waals surface area contributed by atoms with E-state index in [-0.39, 0.29) is 4.47 Å². The summed E-state index contributed by atoms with van der Waals surface area (Å²) in [4.78, 5) is 0. The fourth-order valence-corrected chi connectivity index (χ4v) is 1.66. The Morgan fingerprint density at radius 2 is 1.53 bits per heavy atom. The van der Waals surface area contributed by atoms with Crippen LogP contribution in [0.4, 0.5) is 26.3 Å². The summed E-state index contributed by atoms with van der Waals surface area (Å²) in [6.45, 7) is 0. The minimum absolute atomic E-state index is 0.109. The molecule has 0 saturated carbocycles. The zero-order valence-corrected chi connectivity index (χ0v) is 9.62. The molecule has 0 spiro atoms. The molecule has 8 heteroatoms. The highest BCUT2D eigenvalue weighted by molar-refractivity contribution is 9.10. The van der Waals surface area contributed by atoms with E-state index in [0.717, 1.165) is 6.07 Å². The lowest BCUT2D eigenvalue weighted by atomic mass is 10.0. The maximum atomic E-state index is 12.4. The molecule has 0 aromatic heterocycles. The highest BCUT2D eigenvalue weighted by Crippen LogP contribution is 2.36. The average Bonchev–Trinajstić information content (AvgIpc) is 2.12. The van der Waals surface area contributed by atoms with Crippen LogP contribution in [0.15, 0.2) is 22.7 Å². The van der Waals surface area contributed by atoms with Crippen molar-refractivity contribution in [1.82, 2.24) is 0 Å². The third kappa shape index (κ3) is 3.60. The first-order chi connectivity index (χ1) is 7.51. The van der Waals surface area contributed by atoms with Gasteiger partial charge in [-0.3, -0.25) is 0 Å². The van der Waals surface area contributed by atoms with Gasteiger partial charge in [0.1, 0.15) is 6.04 Å². The Balaban J connectivity index is 3.24. The van der Waals surface area contributed by atoms with Crippen LogP contribution in [0.5, 0.6) is 0 Å². The van der Waals surface area contributed by atoms with Gasteiger partial charge in [0.2, 0.25) is 0 Å². The Hall–Kier alpha value is -0.760. The van der Waals surface area contributed by atoms with Gasteiger partial charge in [-0.15, -0.1) is 0 Å². The van der Waals surface area contributed by atoms with Crippen LogP contribution in [0.25, 0.3) is 0 Å². The molecule has 0 unspecified atom stereocenters. The highest BCUT2D eigenvalue weighted by Gasteiger charge is 2.39. The zero-order chi connectivity index (χ0) is 13.4. The van der Waals surface area contributed by atoms with E-state index >= 15 is 0 Å². The second-order valence-corrected chi connectivity index (χ2v) is 4.21. The third-order valence-corrected chi connectivity index (χ3v) is 2.42. The van der Waals surface area contributed by atoms with Crippen molar-refractivity contribution in [3.8, 4) is 0 Å². The Morgan fingerprint density at radius 1 is 1.00 bits per heavy atom. The van der Waals surface area contributed by atoms with Crippen LogP contribution >= 0.6 is 15.9 Å². The van der Waals surface area contributed by atoms with Crippen molar-refractivity contribution in [3.63, 3.8) is 0 Å². The number of hydrogen-bond donors (Lipinski definition) is 1. The summed E-state index contributed by atoms with van der Waals surface area (Å²) in [5, 5.41) is 0. The zero-order valence-electron chi connectivity index (χ0n) is 8.03. The molecule has 0 saturated heterocycles. The van der Waals surface area contributed by atoms with E-state index in [4.69, 9.17) is 5.73 Å². The van der Waals surface area contributed by atoms with E-state index in [0.29, 0.717) is 12.1 Å². The Labute approximate surface area is 101 Å². The number of nitrogens with two attached hydrogens (primary N) is 1. The maximum absolute atomic E-state index is 12.4. The van der Waals surface area contributed by atoms with Gasteiger partial charge >= 0.3 is 12.4 Å². The average molecular weight is 322 g/mol. The summed E-state index contributed by atoms with van der Waals surface area (Å²) in [5.41, 5.74) is 3.02. The first-order valence-corrected chi connectivity index (χ1v) is 5.01. The lowest BCUT2D eigenvalue weighted by Gasteiger charge is -2.18. The maximum Gasteiger partial charge on any atom is 0.416 e. The van der Waals surface area contributed by atoms with Gasteiger partial charge in [0, 0.05) is 4.47 Å². The number of hydrogen-bond acceptors (Lipinski definition) is 1. The standard InChI is InChI=1S/C9H6BrF6N/c10-6-2-4(7(17)9(14,15)16)1-5(3-6)8(11,12)13/h1-3,7H,17H2/t7-/m0/s1. The number of rotatable bonds is 1. The monoisotopic (exact) mass is 321 g/mol. The lowest BCUT2D eigenvalue weighted by Crippen LogP contribution is -2.28. The van der Waals surface area contributed by atoms with Crippen molar-refractivity contribution < 1.29 is 26.3 Å². The van der Waals surface area contributed by atoms with Crippen molar-refractivity contribution in [2.24, 2.45) is 5.73 Å². The Kier molecular flexibility index (Phi) is 3.78. The predicted molar refractivity (Wildman–Crippen MR) is 52.1 cm³/mol. The van der Waals surface area contributed by atoms with Crippen LogP contribution in [0, 0.1) is 0 Å². The van der Waals surface area contributed by atoms with Gasteiger partial charge in [0.15, 0.2) is 0 Å². The summed E-state index contributed by atoms with van der Waals surface area (Å²) in [7, 11) is 0. The van der Waals surface area contributed by atoms with Crippen molar-refractivity contribution in [2.75, 3.05) is 0 Å². The molecule has 96 valence electrons. The van der Waals surface area contributed by atoms with Gasteiger partial charge in [0.25, 0.3) is 0 Å². The summed E-state index contributed by atoms with van der Waals surface area (Å²) >= 11 is 2.72. The number of halogens is 7. The van der Waals surface area contributed by atoms with Gasteiger partial charge in [-0.05, 0) is 23.8 Å². The predicted octanol–water partition coefficient (Wildman–Crippen LogP) is 4.03. The molecule has 0 aliphatic heterocycles. The normalized spacial score (nSPS) is 14.8. The van der Waals surface area contributed by atoms with Crippen LogP contribution in [0.1, 0.15) is 17.2 Å². The quantitative estimate of drug-likeness (QED) is 0.776. The molecular formula is C9H6BrF6N. The van der Waals surface area contributed by atoms with Crippen LogP contribution in [0.2, 0.25) is 0 Å². The van der Waals surface area contributed by atoms with Gasteiger partial charge in [-0.2, -0.15) is 26.3 Å². The summed E-state index contributed by atoms with van der Waals surface area (Å²) < 4.78 is 73.8. The van der Waals surface area contributed by atoms with E-state index in [2.05, 4.69) is 15.9 Å². The number of benzene rings is 1. The largest absolute Gasteiger partial charge is 0.416 e. The molecule has 1 aromatic carbocycles. The Morgan fingerprint density at radius 3 is 1.94 bits per heavy atom. The van der Waals surface area contributed by atoms with E-state index in [1.54, 1.807) is 0 Å². The molecule has 0 aliphatic rings. The van der Waals surface area contributed by atoms with Crippen molar-refractivity contribution in [2.45, 2.75) is 18.4 Å². The first kappa shape index (κ1) is 14.3. The molecule has 1 nitrogen and oxygen atoms in total. The molecule has 0 radical (unpaired) electrons. The second kappa shape index (κ2) is 4.49. The minimum atomic E-state index is -4.79. The van der Waals surface area contributed by atoms with E-state index in [1.807, 2.05) is 0 Å². The third-order valence-electron chi connectivity index (χ3n) is 1.96. The Bertz CT molecular complexity index is 411. The van der Waals surface area contributed by atoms with Gasteiger partial charge in [-0.1, -0.05) is 15.9 Å². The van der Waals surface area contributed by atoms with Crippen LogP contribution in [-0.2, 0) is 6.18 Å². The van der Waals surface area contributed by atoms with Crippen LogP contribution in [-0.4, -0.2) is 6.18 Å². The summed E-state index contributed by atoms with van der Waals surface area (Å²) in [5.74, 6) is 0. The molecule has 1 rings (SSSR count). The first-order valence-electron chi connectivity index (χ1n) is 4.22. The van der Waals surface area contributed by atoms with Crippen molar-refractivity contribution in [3.05, 3.63) is 33.8 Å². The molecule has 0 fully saturated rings. The van der Waals surface area contributed by atoms with Gasteiger partial charge in [-0.25, -0.2) is 0 Å². The van der Waals surface area contributed by atoms with E-state index in [9.17, 15) is 26.3 Å². The molecule has 0 amide bonds. The molecule has 17 heavy (non-hydrogen) atoms. The molecule has 2 N–H and O–H groups in total. The molecular weight excluding hydrogens is 316 g/mol. The van der Waals surface area contributed by atoms with Crippen molar-refractivity contribution in [1.29, 1.82) is 0 Å². The van der Waals surface area contributed by atoms with Crippen LogP contribution < -0.4 is 5.73 Å². The summed E-state index contributed by atoms with van der Waals surface area (Å²) in [6, 6.07) is -0.454. The van der Waals surface area contributed by atoms with E-state index < -0.39 is 29.5 Å². The van der Waals surface area contributed by atoms with Crippen LogP contribution in [0.3, 0.4) is 0 Å². The molecule has 1 atom stereocenters. The van der Waals surface area contributed by atoms with Crippen molar-refractivity contribution >= 4 is 15.9 Å². The molecule has 1 aromatic rings. The van der Waals surface area contributed by atoms with Gasteiger partial charge < -0.3 is 5.73 Å². The molecule has 0 heterocycles. The highest BCUT2D eigenvalue weighted by atomic mass is 79.9. The van der Waals surface area contributed by atoms with E-state index in [1.165, 1.54) is 0 Å². The number of alkyl halides is 6. The summed E-state index contributed by atoms with van der Waals surface area (Å²) in [6.07, 6.45) is -9.51. The SMILES string of the molecule is N[C@@H](c1cc(Br)cc(C(F)(F)F)c1)C(F)(F)F. The minimum Gasteiger partial charge on any atom is -0.316 e. The topological polar surface area (TPSA) is 26.0 Å².